The van der Waals surface area contributed by atoms with Crippen LogP contribution in [0.3, 0.4) is 0 Å². The van der Waals surface area contributed by atoms with Crippen LogP contribution in [-0.2, 0) is 0 Å². The molecule has 4 rings (SSSR count). The minimum Gasteiger partial charge on any atom is -0.319 e. The number of anilines is 1. The van der Waals surface area contributed by atoms with Crippen LogP contribution >= 0.6 is 11.3 Å². The molecule has 1 amide bonds. The lowest BCUT2D eigenvalue weighted by Gasteiger charge is -2.09. The van der Waals surface area contributed by atoms with Gasteiger partial charge < -0.3 is 5.32 Å². The summed E-state index contributed by atoms with van der Waals surface area (Å²) in [6.45, 7) is 1.54. The van der Waals surface area contributed by atoms with E-state index in [0.29, 0.717) is 16.1 Å². The van der Waals surface area contributed by atoms with E-state index in [2.05, 4.69) is 10.3 Å². The molecule has 2 aromatic heterocycles. The molecule has 0 aliphatic rings. The number of pyridine rings is 1. The largest absolute Gasteiger partial charge is 0.319 e. The molecule has 27 heavy (non-hydrogen) atoms. The van der Waals surface area contributed by atoms with Crippen LogP contribution in [0.5, 0.6) is 0 Å². The maximum Gasteiger partial charge on any atom is 0.266 e. The van der Waals surface area contributed by atoms with Gasteiger partial charge in [0, 0.05) is 22.7 Å². The van der Waals surface area contributed by atoms with Crippen LogP contribution < -0.4 is 5.32 Å². The summed E-state index contributed by atoms with van der Waals surface area (Å²) in [6, 6.07) is 18.8. The Bertz CT molecular complexity index is 1140. The molecule has 0 atom stereocenters. The average molecular weight is 372 g/mol. The number of benzene rings is 2. The molecule has 2 aromatic carbocycles. The molecule has 0 radical (unpaired) electrons. The van der Waals surface area contributed by atoms with Gasteiger partial charge in [-0.2, -0.15) is 0 Å². The molecule has 4 nitrogen and oxygen atoms in total. The third kappa shape index (κ3) is 3.37. The number of nitrogens with one attached hydrogen (secondary N) is 1. The van der Waals surface area contributed by atoms with Crippen molar-refractivity contribution in [3.8, 4) is 11.1 Å². The molecule has 0 saturated carbocycles. The normalized spacial score (nSPS) is 10.7. The topological polar surface area (TPSA) is 59.1 Å². The van der Waals surface area contributed by atoms with Crippen molar-refractivity contribution in [3.05, 3.63) is 82.7 Å². The molecule has 0 aliphatic heterocycles. The third-order valence-electron chi connectivity index (χ3n) is 4.35. The molecule has 0 aliphatic carbocycles. The minimum atomic E-state index is -0.172. The maximum atomic E-state index is 12.9. The number of aromatic nitrogens is 1. The zero-order chi connectivity index (χ0) is 18.8. The summed E-state index contributed by atoms with van der Waals surface area (Å²) in [4.78, 5) is 29.4. The fourth-order valence-electron chi connectivity index (χ4n) is 2.98. The summed E-state index contributed by atoms with van der Waals surface area (Å²) in [6.07, 6.45) is 1.71. The quantitative estimate of drug-likeness (QED) is 0.487. The van der Waals surface area contributed by atoms with E-state index in [1.807, 2.05) is 53.9 Å². The molecule has 5 heteroatoms. The maximum absolute atomic E-state index is 12.9. The van der Waals surface area contributed by atoms with E-state index in [0.717, 1.165) is 22.0 Å². The predicted octanol–water partition coefficient (Wildman–Crippen LogP) is 5.42. The minimum absolute atomic E-state index is 0.0216. The second kappa shape index (κ2) is 7.13. The van der Waals surface area contributed by atoms with Gasteiger partial charge in [-0.3, -0.25) is 14.6 Å². The van der Waals surface area contributed by atoms with Crippen molar-refractivity contribution in [1.29, 1.82) is 0 Å². The van der Waals surface area contributed by atoms with E-state index in [9.17, 15) is 9.59 Å². The monoisotopic (exact) mass is 372 g/mol. The van der Waals surface area contributed by atoms with Crippen LogP contribution in [-0.4, -0.2) is 16.7 Å². The number of fused-ring (bicyclic) bond motifs is 1. The zero-order valence-corrected chi connectivity index (χ0v) is 15.4. The zero-order valence-electron chi connectivity index (χ0n) is 14.6. The molecule has 132 valence electrons. The van der Waals surface area contributed by atoms with Crippen LogP contribution in [0.4, 0.5) is 5.69 Å². The Balaban J connectivity index is 1.65. The fraction of sp³-hybridized carbons (Fsp3) is 0.0455. The fourth-order valence-corrected chi connectivity index (χ4v) is 3.79. The summed E-state index contributed by atoms with van der Waals surface area (Å²) in [5.41, 5.74) is 3.85. The van der Waals surface area contributed by atoms with Crippen LogP contribution in [0, 0.1) is 0 Å². The number of amides is 1. The van der Waals surface area contributed by atoms with E-state index in [1.54, 1.807) is 18.3 Å². The third-order valence-corrected chi connectivity index (χ3v) is 5.27. The van der Waals surface area contributed by atoms with Gasteiger partial charge in [0.1, 0.15) is 0 Å². The Kier molecular flexibility index (Phi) is 4.52. The number of rotatable bonds is 4. The first-order valence-electron chi connectivity index (χ1n) is 8.47. The summed E-state index contributed by atoms with van der Waals surface area (Å²) in [7, 11) is 0. The number of nitrogens with zero attached hydrogens (tertiary/aromatic N) is 1. The van der Waals surface area contributed by atoms with E-state index >= 15 is 0 Å². The SMILES string of the molecule is CC(=O)c1ccc(-c2ccsc2C(=O)Nc2cccc3cccnc23)cc1. The molecule has 1 N–H and O–H groups in total. The van der Waals surface area contributed by atoms with Gasteiger partial charge in [0.05, 0.1) is 16.1 Å². The Morgan fingerprint density at radius 1 is 0.963 bits per heavy atom. The van der Waals surface area contributed by atoms with Gasteiger partial charge >= 0.3 is 0 Å². The van der Waals surface area contributed by atoms with Gasteiger partial charge in [-0.05, 0) is 36.1 Å². The van der Waals surface area contributed by atoms with Crippen molar-refractivity contribution in [2.24, 2.45) is 0 Å². The lowest BCUT2D eigenvalue weighted by atomic mass is 10.0. The average Bonchev–Trinajstić information content (AvgIpc) is 3.18. The van der Waals surface area contributed by atoms with E-state index in [1.165, 1.54) is 18.3 Å². The highest BCUT2D eigenvalue weighted by molar-refractivity contribution is 7.12. The molecule has 0 unspecified atom stereocenters. The highest BCUT2D eigenvalue weighted by Crippen LogP contribution is 2.30. The number of thiophene rings is 1. The molecular formula is C22H16N2O2S. The van der Waals surface area contributed by atoms with Gasteiger partial charge in [0.2, 0.25) is 0 Å². The molecule has 0 bridgehead atoms. The number of Topliss-reactive ketones (excluding diaryl/α,β-unsaturated/α-hetero) is 1. The van der Waals surface area contributed by atoms with E-state index in [-0.39, 0.29) is 11.7 Å². The van der Waals surface area contributed by atoms with Crippen LogP contribution in [0.1, 0.15) is 27.0 Å². The van der Waals surface area contributed by atoms with Crippen LogP contribution in [0.15, 0.2) is 72.2 Å². The van der Waals surface area contributed by atoms with Crippen molar-refractivity contribution in [2.45, 2.75) is 6.92 Å². The van der Waals surface area contributed by atoms with Crippen LogP contribution in [0.2, 0.25) is 0 Å². The Morgan fingerprint density at radius 2 is 1.74 bits per heavy atom. The Hall–Kier alpha value is -3.31. The van der Waals surface area contributed by atoms with Gasteiger partial charge in [0.25, 0.3) is 5.91 Å². The number of hydrogen-bond acceptors (Lipinski definition) is 4. The molecular weight excluding hydrogens is 356 g/mol. The number of para-hydroxylation sites is 1. The highest BCUT2D eigenvalue weighted by Gasteiger charge is 2.16. The van der Waals surface area contributed by atoms with Gasteiger partial charge in [-0.1, -0.05) is 42.5 Å². The molecule has 0 fully saturated rings. The van der Waals surface area contributed by atoms with Gasteiger partial charge in [0.15, 0.2) is 5.78 Å². The smallest absolute Gasteiger partial charge is 0.266 e. The summed E-state index contributed by atoms with van der Waals surface area (Å²) in [5.74, 6) is -0.151. The van der Waals surface area contributed by atoms with Gasteiger partial charge in [-0.15, -0.1) is 11.3 Å². The molecule has 0 saturated heterocycles. The second-order valence-electron chi connectivity index (χ2n) is 6.13. The Morgan fingerprint density at radius 3 is 2.52 bits per heavy atom. The van der Waals surface area contributed by atoms with Crippen molar-refractivity contribution in [3.63, 3.8) is 0 Å². The standard InChI is InChI=1S/C22H16N2O2S/c1-14(25)15-7-9-16(10-8-15)18-11-13-27-21(18)22(26)24-19-6-2-4-17-5-3-12-23-20(17)19/h2-13H,1H3,(H,24,26). The lowest BCUT2D eigenvalue weighted by molar-refractivity contribution is 0.101. The summed E-state index contributed by atoms with van der Waals surface area (Å²) in [5, 5.41) is 5.85. The molecule has 2 heterocycles. The van der Waals surface area contributed by atoms with Crippen molar-refractivity contribution >= 4 is 39.6 Å². The second-order valence-corrected chi connectivity index (χ2v) is 7.05. The molecule has 4 aromatic rings. The number of ketones is 1. The van der Waals surface area contributed by atoms with Crippen LogP contribution in [0.25, 0.3) is 22.0 Å². The van der Waals surface area contributed by atoms with Crippen molar-refractivity contribution < 1.29 is 9.59 Å². The number of carbonyl (C=O) groups excluding carboxylic acids is 2. The number of hydrogen-bond donors (Lipinski definition) is 1. The highest BCUT2D eigenvalue weighted by atomic mass is 32.1. The first-order chi connectivity index (χ1) is 13.1. The summed E-state index contributed by atoms with van der Waals surface area (Å²) >= 11 is 1.39. The van der Waals surface area contributed by atoms with Crippen molar-refractivity contribution in [2.75, 3.05) is 5.32 Å². The number of carbonyl (C=O) groups is 2. The van der Waals surface area contributed by atoms with Crippen molar-refractivity contribution in [1.82, 2.24) is 4.98 Å². The molecule has 0 spiro atoms. The predicted molar refractivity (Wildman–Crippen MR) is 109 cm³/mol. The lowest BCUT2D eigenvalue weighted by Crippen LogP contribution is -2.11. The summed E-state index contributed by atoms with van der Waals surface area (Å²) < 4.78 is 0. The Labute approximate surface area is 160 Å². The first-order valence-corrected chi connectivity index (χ1v) is 9.35. The first kappa shape index (κ1) is 17.1. The van der Waals surface area contributed by atoms with E-state index < -0.39 is 0 Å². The van der Waals surface area contributed by atoms with Gasteiger partial charge in [-0.25, -0.2) is 0 Å². The van der Waals surface area contributed by atoms with E-state index in [4.69, 9.17) is 0 Å².